The molecule has 1 aromatic heterocycles. The Morgan fingerprint density at radius 2 is 2.16 bits per heavy atom. The number of benzene rings is 1. The lowest BCUT2D eigenvalue weighted by Crippen LogP contribution is -2.02. The van der Waals surface area contributed by atoms with Gasteiger partial charge in [-0.25, -0.2) is 4.98 Å². The van der Waals surface area contributed by atoms with Crippen LogP contribution in [0.4, 0.5) is 5.82 Å². The van der Waals surface area contributed by atoms with Gasteiger partial charge in [-0.2, -0.15) is 0 Å². The van der Waals surface area contributed by atoms with Crippen molar-refractivity contribution in [3.63, 3.8) is 0 Å². The highest BCUT2D eigenvalue weighted by Gasteiger charge is 2.06. The van der Waals surface area contributed by atoms with E-state index in [4.69, 9.17) is 16.3 Å². The Hall–Kier alpha value is -1.81. The molecule has 0 saturated carbocycles. The maximum absolute atomic E-state index is 6.01. The number of aromatic nitrogens is 2. The third kappa shape index (κ3) is 3.35. The summed E-state index contributed by atoms with van der Waals surface area (Å²) >= 11 is 6.01. The maximum Gasteiger partial charge on any atom is 0.145 e. The number of methoxy groups -OCH3 is 1. The highest BCUT2D eigenvalue weighted by atomic mass is 35.5. The van der Waals surface area contributed by atoms with E-state index < -0.39 is 0 Å². The zero-order valence-corrected chi connectivity index (χ0v) is 11.7. The van der Waals surface area contributed by atoms with Crippen molar-refractivity contribution in [2.45, 2.75) is 13.3 Å². The molecule has 1 aromatic carbocycles. The molecule has 1 heterocycles. The smallest absolute Gasteiger partial charge is 0.145 e. The summed E-state index contributed by atoms with van der Waals surface area (Å²) in [7, 11) is 1.59. The van der Waals surface area contributed by atoms with Crippen molar-refractivity contribution < 1.29 is 4.74 Å². The Balaban J connectivity index is 2.30. The van der Waals surface area contributed by atoms with Gasteiger partial charge in [0, 0.05) is 12.1 Å². The van der Waals surface area contributed by atoms with Crippen LogP contribution in [0.1, 0.15) is 13.3 Å². The molecule has 0 aliphatic carbocycles. The van der Waals surface area contributed by atoms with Gasteiger partial charge in [0.2, 0.25) is 0 Å². The average Bonchev–Trinajstić information content (AvgIpc) is 2.46. The second-order valence-corrected chi connectivity index (χ2v) is 4.47. The SMILES string of the molecule is CCCNc1cncc(-c2ccc(Cl)c(OC)c2)n1. The van der Waals surface area contributed by atoms with Crippen LogP contribution in [0.25, 0.3) is 11.3 Å². The summed E-state index contributed by atoms with van der Waals surface area (Å²) in [5.74, 6) is 1.40. The van der Waals surface area contributed by atoms with E-state index in [0.717, 1.165) is 30.0 Å². The molecule has 5 heteroatoms. The third-order valence-electron chi connectivity index (χ3n) is 2.64. The van der Waals surface area contributed by atoms with Crippen LogP contribution in [0.5, 0.6) is 5.75 Å². The van der Waals surface area contributed by atoms with E-state index in [1.165, 1.54) is 0 Å². The minimum atomic E-state index is 0.583. The van der Waals surface area contributed by atoms with Crippen LogP contribution in [-0.4, -0.2) is 23.6 Å². The number of hydrogen-bond donors (Lipinski definition) is 1. The Morgan fingerprint density at radius 1 is 1.32 bits per heavy atom. The predicted molar refractivity (Wildman–Crippen MR) is 77.8 cm³/mol. The monoisotopic (exact) mass is 277 g/mol. The highest BCUT2D eigenvalue weighted by molar-refractivity contribution is 6.32. The minimum absolute atomic E-state index is 0.583. The molecule has 0 aliphatic heterocycles. The van der Waals surface area contributed by atoms with E-state index in [-0.39, 0.29) is 0 Å². The van der Waals surface area contributed by atoms with Crippen LogP contribution in [0.2, 0.25) is 5.02 Å². The van der Waals surface area contributed by atoms with E-state index in [1.807, 2.05) is 12.1 Å². The summed E-state index contributed by atoms with van der Waals surface area (Å²) in [6.45, 7) is 2.98. The molecule has 0 spiro atoms. The Labute approximate surface area is 117 Å². The van der Waals surface area contributed by atoms with Gasteiger partial charge in [0.15, 0.2) is 0 Å². The van der Waals surface area contributed by atoms with Crippen LogP contribution in [0.3, 0.4) is 0 Å². The fourth-order valence-corrected chi connectivity index (χ4v) is 1.86. The van der Waals surface area contributed by atoms with Gasteiger partial charge in [-0.05, 0) is 18.6 Å². The van der Waals surface area contributed by atoms with Gasteiger partial charge in [-0.15, -0.1) is 0 Å². The molecule has 0 fully saturated rings. The van der Waals surface area contributed by atoms with Gasteiger partial charge >= 0.3 is 0 Å². The molecule has 19 heavy (non-hydrogen) atoms. The highest BCUT2D eigenvalue weighted by Crippen LogP contribution is 2.29. The molecule has 0 bridgehead atoms. The van der Waals surface area contributed by atoms with Gasteiger partial charge in [-0.3, -0.25) is 4.98 Å². The van der Waals surface area contributed by atoms with Crippen molar-refractivity contribution >= 4 is 17.4 Å². The lowest BCUT2D eigenvalue weighted by molar-refractivity contribution is 0.415. The van der Waals surface area contributed by atoms with Crippen LogP contribution in [0.15, 0.2) is 30.6 Å². The van der Waals surface area contributed by atoms with Gasteiger partial charge in [0.05, 0.1) is 30.2 Å². The Bertz CT molecular complexity index is 560. The van der Waals surface area contributed by atoms with Crippen molar-refractivity contribution in [2.75, 3.05) is 19.0 Å². The summed E-state index contributed by atoms with van der Waals surface area (Å²) in [5, 5.41) is 3.80. The summed E-state index contributed by atoms with van der Waals surface area (Å²) in [6.07, 6.45) is 4.48. The minimum Gasteiger partial charge on any atom is -0.495 e. The zero-order chi connectivity index (χ0) is 13.7. The van der Waals surface area contributed by atoms with Crippen molar-refractivity contribution in [3.05, 3.63) is 35.6 Å². The molecule has 1 N–H and O–H groups in total. The average molecular weight is 278 g/mol. The van der Waals surface area contributed by atoms with Gasteiger partial charge in [-0.1, -0.05) is 24.6 Å². The quantitative estimate of drug-likeness (QED) is 0.907. The first-order chi connectivity index (χ1) is 9.24. The number of hydrogen-bond acceptors (Lipinski definition) is 4. The number of nitrogens with zero attached hydrogens (tertiary/aromatic N) is 2. The fourth-order valence-electron chi connectivity index (χ4n) is 1.66. The number of ether oxygens (including phenoxy) is 1. The first kappa shape index (κ1) is 13.6. The molecule has 0 amide bonds. The molecule has 0 aliphatic rings. The number of nitrogens with one attached hydrogen (secondary N) is 1. The zero-order valence-electron chi connectivity index (χ0n) is 11.0. The van der Waals surface area contributed by atoms with Crippen LogP contribution in [-0.2, 0) is 0 Å². The maximum atomic E-state index is 6.01. The second-order valence-electron chi connectivity index (χ2n) is 4.07. The number of rotatable bonds is 5. The van der Waals surface area contributed by atoms with Crippen LogP contribution < -0.4 is 10.1 Å². The Kier molecular flexibility index (Phi) is 4.58. The molecule has 0 atom stereocenters. The number of halogens is 1. The third-order valence-corrected chi connectivity index (χ3v) is 2.95. The second kappa shape index (κ2) is 6.38. The molecular weight excluding hydrogens is 262 g/mol. The van der Waals surface area contributed by atoms with Crippen molar-refractivity contribution in [1.29, 1.82) is 0 Å². The van der Waals surface area contributed by atoms with Gasteiger partial charge < -0.3 is 10.1 Å². The predicted octanol–water partition coefficient (Wildman–Crippen LogP) is 3.63. The molecule has 0 saturated heterocycles. The van der Waals surface area contributed by atoms with Crippen LogP contribution in [0, 0.1) is 0 Å². The van der Waals surface area contributed by atoms with E-state index in [1.54, 1.807) is 25.6 Å². The van der Waals surface area contributed by atoms with Crippen LogP contribution >= 0.6 is 11.6 Å². The van der Waals surface area contributed by atoms with Gasteiger partial charge in [0.25, 0.3) is 0 Å². The lowest BCUT2D eigenvalue weighted by atomic mass is 10.1. The molecule has 0 unspecified atom stereocenters. The first-order valence-electron chi connectivity index (χ1n) is 6.14. The molecule has 2 aromatic rings. The standard InChI is InChI=1S/C14H16ClN3O/c1-3-6-17-14-9-16-8-12(18-14)10-4-5-11(15)13(7-10)19-2/h4-5,7-9H,3,6H2,1-2H3,(H,17,18). The van der Waals surface area contributed by atoms with E-state index in [9.17, 15) is 0 Å². The fraction of sp³-hybridized carbons (Fsp3) is 0.286. The summed E-state index contributed by atoms with van der Waals surface area (Å²) < 4.78 is 5.21. The van der Waals surface area contributed by atoms with Crippen molar-refractivity contribution in [2.24, 2.45) is 0 Å². The largest absolute Gasteiger partial charge is 0.495 e. The molecule has 100 valence electrons. The van der Waals surface area contributed by atoms with E-state index in [0.29, 0.717) is 10.8 Å². The van der Waals surface area contributed by atoms with Crippen molar-refractivity contribution in [1.82, 2.24) is 9.97 Å². The molecular formula is C14H16ClN3O. The Morgan fingerprint density at radius 3 is 2.89 bits per heavy atom. The van der Waals surface area contributed by atoms with Crippen molar-refractivity contribution in [3.8, 4) is 17.0 Å². The number of anilines is 1. The topological polar surface area (TPSA) is 47.0 Å². The molecule has 4 nitrogen and oxygen atoms in total. The summed E-state index contributed by atoms with van der Waals surface area (Å²) in [6, 6.07) is 5.55. The van der Waals surface area contributed by atoms with E-state index in [2.05, 4.69) is 22.2 Å². The normalized spacial score (nSPS) is 10.3. The van der Waals surface area contributed by atoms with E-state index >= 15 is 0 Å². The van der Waals surface area contributed by atoms with Gasteiger partial charge in [0.1, 0.15) is 11.6 Å². The summed E-state index contributed by atoms with van der Waals surface area (Å²) in [4.78, 5) is 8.71. The lowest BCUT2D eigenvalue weighted by Gasteiger charge is -2.08. The molecule has 0 radical (unpaired) electrons. The first-order valence-corrected chi connectivity index (χ1v) is 6.52. The molecule has 2 rings (SSSR count). The summed E-state index contributed by atoms with van der Waals surface area (Å²) in [5.41, 5.74) is 1.71.